The second-order valence-corrected chi connectivity index (χ2v) is 4.03. The van der Waals surface area contributed by atoms with Gasteiger partial charge < -0.3 is 0 Å². The maximum absolute atomic E-state index is 3.78. The van der Waals surface area contributed by atoms with E-state index in [4.69, 9.17) is 0 Å². The quantitative estimate of drug-likeness (QED) is 0.615. The van der Waals surface area contributed by atoms with Gasteiger partial charge in [-0.3, -0.25) is 0 Å². The van der Waals surface area contributed by atoms with Crippen LogP contribution in [0.1, 0.15) is 32.1 Å². The summed E-state index contributed by atoms with van der Waals surface area (Å²) in [4.78, 5) is 0. The third-order valence-electron chi connectivity index (χ3n) is 2.81. The molecule has 1 unspecified atom stereocenters. The Morgan fingerprint density at radius 2 is 2.23 bits per heavy atom. The molecular weight excluding hydrogens is 160 g/mol. The van der Waals surface area contributed by atoms with E-state index in [2.05, 4.69) is 30.7 Å². The van der Waals surface area contributed by atoms with E-state index in [1.165, 1.54) is 32.2 Å². The minimum atomic E-state index is 0.752. The molecule has 76 valence electrons. The zero-order valence-electron chi connectivity index (χ0n) is 9.00. The van der Waals surface area contributed by atoms with Crippen molar-refractivity contribution in [2.75, 3.05) is 20.6 Å². The van der Waals surface area contributed by atoms with E-state index in [1.807, 2.05) is 6.08 Å². The fraction of sp³-hybridized carbons (Fsp3) is 0.818. The molecule has 0 aliphatic carbocycles. The van der Waals surface area contributed by atoms with Crippen molar-refractivity contribution in [2.45, 2.75) is 38.1 Å². The first-order valence-electron chi connectivity index (χ1n) is 5.30. The smallest absolute Gasteiger partial charge is 0.0248 e. The van der Waals surface area contributed by atoms with E-state index in [1.54, 1.807) is 0 Å². The van der Waals surface area contributed by atoms with Crippen LogP contribution in [0.4, 0.5) is 0 Å². The molecule has 1 fully saturated rings. The monoisotopic (exact) mass is 182 g/mol. The lowest BCUT2D eigenvalue weighted by molar-refractivity contribution is -0.0420. The van der Waals surface area contributed by atoms with Crippen molar-refractivity contribution in [1.29, 1.82) is 0 Å². The van der Waals surface area contributed by atoms with Gasteiger partial charge in [-0.1, -0.05) is 12.5 Å². The molecule has 0 bridgehead atoms. The van der Waals surface area contributed by atoms with Gasteiger partial charge in [0.1, 0.15) is 0 Å². The van der Waals surface area contributed by atoms with E-state index in [9.17, 15) is 0 Å². The fourth-order valence-electron chi connectivity index (χ4n) is 2.12. The fourth-order valence-corrected chi connectivity index (χ4v) is 2.12. The van der Waals surface area contributed by atoms with Crippen LogP contribution in [-0.4, -0.2) is 36.7 Å². The molecule has 0 aromatic heterocycles. The SMILES string of the molecule is C=CCCC1CCCCN1N(C)C. The van der Waals surface area contributed by atoms with Gasteiger partial charge in [-0.25, -0.2) is 10.0 Å². The van der Waals surface area contributed by atoms with E-state index in [-0.39, 0.29) is 0 Å². The Morgan fingerprint density at radius 1 is 1.46 bits per heavy atom. The molecule has 1 rings (SSSR count). The zero-order chi connectivity index (χ0) is 9.68. The Kier molecular flexibility index (Phi) is 4.46. The summed E-state index contributed by atoms with van der Waals surface area (Å²) in [6.07, 6.45) is 8.54. The molecule has 0 aromatic carbocycles. The molecule has 0 aromatic rings. The normalized spacial score (nSPS) is 25.0. The summed E-state index contributed by atoms with van der Waals surface area (Å²) in [6, 6.07) is 0.752. The van der Waals surface area contributed by atoms with Crippen molar-refractivity contribution >= 4 is 0 Å². The van der Waals surface area contributed by atoms with E-state index < -0.39 is 0 Å². The highest BCUT2D eigenvalue weighted by Gasteiger charge is 2.22. The van der Waals surface area contributed by atoms with Crippen molar-refractivity contribution in [3.05, 3.63) is 12.7 Å². The molecule has 1 atom stereocenters. The van der Waals surface area contributed by atoms with Gasteiger partial charge in [0.2, 0.25) is 0 Å². The van der Waals surface area contributed by atoms with E-state index in [0.29, 0.717) is 0 Å². The molecule has 0 spiro atoms. The average Bonchev–Trinajstić information content (AvgIpc) is 2.15. The van der Waals surface area contributed by atoms with Crippen LogP contribution < -0.4 is 0 Å². The summed E-state index contributed by atoms with van der Waals surface area (Å²) in [6.45, 7) is 5.01. The standard InChI is InChI=1S/C11H22N2/c1-4-5-8-11-9-6-7-10-13(11)12(2)3/h4,11H,1,5-10H2,2-3H3. The molecule has 1 saturated heterocycles. The first kappa shape index (κ1) is 10.7. The number of piperidine rings is 1. The first-order chi connectivity index (χ1) is 6.25. The molecule has 0 radical (unpaired) electrons. The highest BCUT2D eigenvalue weighted by Crippen LogP contribution is 2.21. The number of rotatable bonds is 4. The van der Waals surface area contributed by atoms with Crippen molar-refractivity contribution < 1.29 is 0 Å². The van der Waals surface area contributed by atoms with Gasteiger partial charge >= 0.3 is 0 Å². The van der Waals surface area contributed by atoms with Crippen LogP contribution in [-0.2, 0) is 0 Å². The van der Waals surface area contributed by atoms with Gasteiger partial charge in [-0.05, 0) is 25.7 Å². The summed E-state index contributed by atoms with van der Waals surface area (Å²) in [7, 11) is 4.29. The number of nitrogens with zero attached hydrogens (tertiary/aromatic N) is 2. The molecule has 1 aliphatic rings. The van der Waals surface area contributed by atoms with Crippen LogP contribution in [0.3, 0.4) is 0 Å². The Hall–Kier alpha value is -0.340. The molecule has 13 heavy (non-hydrogen) atoms. The summed E-state index contributed by atoms with van der Waals surface area (Å²) in [5.74, 6) is 0. The highest BCUT2D eigenvalue weighted by molar-refractivity contribution is 4.78. The van der Waals surface area contributed by atoms with Gasteiger partial charge in [0.05, 0.1) is 0 Å². The summed E-state index contributed by atoms with van der Waals surface area (Å²) >= 11 is 0. The minimum Gasteiger partial charge on any atom is -0.248 e. The molecule has 1 aliphatic heterocycles. The number of allylic oxidation sites excluding steroid dienone is 1. The van der Waals surface area contributed by atoms with Gasteiger partial charge in [-0.15, -0.1) is 6.58 Å². The van der Waals surface area contributed by atoms with Crippen LogP contribution in [0.2, 0.25) is 0 Å². The van der Waals surface area contributed by atoms with Gasteiger partial charge in [-0.2, -0.15) is 0 Å². The summed E-state index contributed by atoms with van der Waals surface area (Å²) < 4.78 is 0. The minimum absolute atomic E-state index is 0.752. The van der Waals surface area contributed by atoms with Crippen LogP contribution in [0, 0.1) is 0 Å². The third-order valence-corrected chi connectivity index (χ3v) is 2.81. The van der Waals surface area contributed by atoms with Crippen molar-refractivity contribution in [3.63, 3.8) is 0 Å². The summed E-state index contributed by atoms with van der Waals surface area (Å²) in [5, 5.41) is 4.74. The topological polar surface area (TPSA) is 6.48 Å². The van der Waals surface area contributed by atoms with Crippen LogP contribution >= 0.6 is 0 Å². The van der Waals surface area contributed by atoms with Crippen molar-refractivity contribution in [2.24, 2.45) is 0 Å². The molecule has 1 heterocycles. The van der Waals surface area contributed by atoms with Crippen LogP contribution in [0.25, 0.3) is 0 Å². The highest BCUT2D eigenvalue weighted by atomic mass is 15.6. The number of hydrazine groups is 1. The Morgan fingerprint density at radius 3 is 2.85 bits per heavy atom. The lowest BCUT2D eigenvalue weighted by Crippen LogP contribution is -2.47. The lowest BCUT2D eigenvalue weighted by Gasteiger charge is -2.39. The second kappa shape index (κ2) is 5.40. The first-order valence-corrected chi connectivity index (χ1v) is 5.30. The van der Waals surface area contributed by atoms with Crippen molar-refractivity contribution in [3.8, 4) is 0 Å². The third kappa shape index (κ3) is 3.12. The van der Waals surface area contributed by atoms with Crippen LogP contribution in [0.15, 0.2) is 12.7 Å². The molecule has 0 N–H and O–H groups in total. The van der Waals surface area contributed by atoms with Gasteiger partial charge in [0.15, 0.2) is 0 Å². The lowest BCUT2D eigenvalue weighted by atomic mass is 9.99. The Labute approximate surface area is 82.2 Å². The molecule has 0 saturated carbocycles. The van der Waals surface area contributed by atoms with E-state index in [0.717, 1.165) is 12.5 Å². The number of hydrogen-bond acceptors (Lipinski definition) is 2. The molecule has 2 heteroatoms. The molecule has 0 amide bonds. The predicted octanol–water partition coefficient (Wildman–Crippen LogP) is 2.28. The largest absolute Gasteiger partial charge is 0.248 e. The number of hydrogen-bond donors (Lipinski definition) is 0. The second-order valence-electron chi connectivity index (χ2n) is 4.03. The molecular formula is C11H22N2. The Bertz CT molecular complexity index is 154. The van der Waals surface area contributed by atoms with Gasteiger partial charge in [0.25, 0.3) is 0 Å². The average molecular weight is 182 g/mol. The summed E-state index contributed by atoms with van der Waals surface area (Å²) in [5.41, 5.74) is 0. The van der Waals surface area contributed by atoms with Gasteiger partial charge in [0, 0.05) is 26.7 Å². The predicted molar refractivity (Wildman–Crippen MR) is 57.5 cm³/mol. The van der Waals surface area contributed by atoms with Crippen molar-refractivity contribution in [1.82, 2.24) is 10.0 Å². The van der Waals surface area contributed by atoms with E-state index >= 15 is 0 Å². The zero-order valence-corrected chi connectivity index (χ0v) is 9.00. The maximum Gasteiger partial charge on any atom is 0.0248 e. The Balaban J connectivity index is 2.41. The maximum atomic E-state index is 3.78. The molecule has 2 nitrogen and oxygen atoms in total. The van der Waals surface area contributed by atoms with Crippen LogP contribution in [0.5, 0.6) is 0 Å².